The van der Waals surface area contributed by atoms with Crippen LogP contribution in [0.15, 0.2) is 49.1 Å². The molecule has 32 heavy (non-hydrogen) atoms. The number of halogens is 2. The molecular formula is C21H14F2N6O3. The van der Waals surface area contributed by atoms with Crippen LogP contribution in [0.4, 0.5) is 19.3 Å². The number of ether oxygens (including phenoxy) is 2. The van der Waals surface area contributed by atoms with Crippen LogP contribution in [0, 0.1) is 11.6 Å². The minimum Gasteiger partial charge on any atom is -0.487 e. The average Bonchev–Trinajstić information content (AvgIpc) is 3.12. The Morgan fingerprint density at radius 3 is 2.91 bits per heavy atom. The van der Waals surface area contributed by atoms with Gasteiger partial charge in [-0.2, -0.15) is 4.98 Å². The van der Waals surface area contributed by atoms with Crippen molar-refractivity contribution in [3.05, 3.63) is 66.3 Å². The van der Waals surface area contributed by atoms with Gasteiger partial charge in [0.1, 0.15) is 35.6 Å². The molecule has 160 valence electrons. The molecule has 0 bridgehead atoms. The smallest absolute Gasteiger partial charge is 0.319 e. The summed E-state index contributed by atoms with van der Waals surface area (Å²) in [6.07, 6.45) is 2.67. The molecule has 1 fully saturated rings. The molecule has 0 spiro atoms. The van der Waals surface area contributed by atoms with Crippen LogP contribution < -0.4 is 20.1 Å². The topological polar surface area (TPSA) is 114 Å². The van der Waals surface area contributed by atoms with Crippen molar-refractivity contribution in [3.8, 4) is 17.4 Å². The molecule has 2 aromatic carbocycles. The molecule has 3 N–H and O–H groups in total. The van der Waals surface area contributed by atoms with Crippen molar-refractivity contribution in [1.82, 2.24) is 25.3 Å². The fourth-order valence-corrected chi connectivity index (χ4v) is 3.91. The summed E-state index contributed by atoms with van der Waals surface area (Å²) in [6, 6.07) is 7.45. The molecule has 3 heterocycles. The first kappa shape index (κ1) is 18.5. The zero-order valence-corrected chi connectivity index (χ0v) is 16.2. The first-order valence-electron chi connectivity index (χ1n) is 9.72. The summed E-state index contributed by atoms with van der Waals surface area (Å²) in [5, 5.41) is 5.15. The van der Waals surface area contributed by atoms with Crippen molar-refractivity contribution < 1.29 is 23.0 Å². The maximum atomic E-state index is 13.8. The third-order valence-corrected chi connectivity index (χ3v) is 5.43. The van der Waals surface area contributed by atoms with Gasteiger partial charge in [-0.1, -0.05) is 0 Å². The molecule has 0 saturated heterocycles. The molecule has 11 heteroatoms. The Morgan fingerprint density at radius 2 is 2.03 bits per heavy atom. The molecule has 1 saturated carbocycles. The Labute approximate surface area is 178 Å². The summed E-state index contributed by atoms with van der Waals surface area (Å²) in [5.41, 5.74) is 1.85. The molecule has 2 aromatic heterocycles. The lowest BCUT2D eigenvalue weighted by molar-refractivity contribution is 0.246. The zero-order valence-electron chi connectivity index (χ0n) is 16.2. The number of anilines is 1. The van der Waals surface area contributed by atoms with Crippen LogP contribution in [0.1, 0.15) is 11.5 Å². The van der Waals surface area contributed by atoms with Crippen molar-refractivity contribution in [2.24, 2.45) is 0 Å². The predicted octanol–water partition coefficient (Wildman–Crippen LogP) is 3.47. The summed E-state index contributed by atoms with van der Waals surface area (Å²) in [7, 11) is 0. The van der Waals surface area contributed by atoms with E-state index in [1.54, 1.807) is 12.1 Å². The zero-order chi connectivity index (χ0) is 21.8. The maximum absolute atomic E-state index is 13.8. The number of urea groups is 1. The minimum atomic E-state index is -0.852. The van der Waals surface area contributed by atoms with E-state index >= 15 is 0 Å². The van der Waals surface area contributed by atoms with E-state index < -0.39 is 17.7 Å². The van der Waals surface area contributed by atoms with E-state index in [1.807, 2.05) is 6.07 Å². The van der Waals surface area contributed by atoms with E-state index in [2.05, 4.69) is 30.6 Å². The number of aromatic amines is 1. The second kappa shape index (κ2) is 6.87. The number of benzene rings is 2. The summed E-state index contributed by atoms with van der Waals surface area (Å²) in [5.74, 6) is -0.0630. The Morgan fingerprint density at radius 1 is 1.12 bits per heavy atom. The third-order valence-electron chi connectivity index (χ3n) is 5.43. The molecular weight excluding hydrogens is 422 g/mol. The van der Waals surface area contributed by atoms with E-state index in [0.717, 1.165) is 17.7 Å². The number of carbonyl (C=O) groups excluding carboxylic acids is 1. The Bertz CT molecular complexity index is 1380. The lowest BCUT2D eigenvalue weighted by atomic mass is 10.1. The van der Waals surface area contributed by atoms with Crippen molar-refractivity contribution >= 4 is 22.9 Å². The fourth-order valence-electron chi connectivity index (χ4n) is 3.91. The monoisotopic (exact) mass is 436 g/mol. The highest BCUT2D eigenvalue weighted by Gasteiger charge is 2.59. The van der Waals surface area contributed by atoms with Gasteiger partial charge in [-0.15, -0.1) is 0 Å². The molecule has 2 amide bonds. The van der Waals surface area contributed by atoms with E-state index in [1.165, 1.54) is 12.7 Å². The number of imidazole rings is 1. The highest BCUT2D eigenvalue weighted by atomic mass is 19.1. The Balaban J connectivity index is 1.16. The van der Waals surface area contributed by atoms with Gasteiger partial charge in [-0.05, 0) is 30.3 Å². The number of nitrogens with one attached hydrogen (secondary N) is 3. The predicted molar refractivity (Wildman–Crippen MR) is 108 cm³/mol. The van der Waals surface area contributed by atoms with Gasteiger partial charge in [0.25, 0.3) is 5.88 Å². The summed E-state index contributed by atoms with van der Waals surface area (Å²) in [4.78, 5) is 27.5. The molecule has 0 unspecified atom stereocenters. The van der Waals surface area contributed by atoms with Gasteiger partial charge < -0.3 is 25.1 Å². The van der Waals surface area contributed by atoms with Crippen LogP contribution in [-0.2, 0) is 0 Å². The Kier molecular flexibility index (Phi) is 3.97. The first-order chi connectivity index (χ1) is 15.6. The molecule has 4 aromatic rings. The molecule has 3 atom stereocenters. The number of nitrogens with zero attached hydrogens (tertiary/aromatic N) is 3. The van der Waals surface area contributed by atoms with Crippen molar-refractivity contribution in [1.29, 1.82) is 0 Å². The summed E-state index contributed by atoms with van der Waals surface area (Å²) < 4.78 is 38.6. The normalized spacial score (nSPS) is 20.2. The second-order valence-corrected chi connectivity index (χ2v) is 7.44. The van der Waals surface area contributed by atoms with Crippen molar-refractivity contribution in [3.63, 3.8) is 0 Å². The number of hydrogen-bond acceptors (Lipinski definition) is 6. The second-order valence-electron chi connectivity index (χ2n) is 7.44. The average molecular weight is 436 g/mol. The van der Waals surface area contributed by atoms with Gasteiger partial charge in [-0.25, -0.2) is 23.5 Å². The Hall–Kier alpha value is -4.28. The van der Waals surface area contributed by atoms with Crippen LogP contribution in [0.3, 0.4) is 0 Å². The lowest BCUT2D eigenvalue weighted by Gasteiger charge is -2.12. The first-order valence-corrected chi connectivity index (χ1v) is 9.72. The third kappa shape index (κ3) is 3.06. The van der Waals surface area contributed by atoms with E-state index in [4.69, 9.17) is 9.47 Å². The standard InChI is InChI=1S/C21H14F2N6O3/c22-9-1-3-13(12(23)5-9)28-21(30)29-16-15-11-6-10(2-4-14(11)32-18(15)16)31-20-17-19(25-7-24-17)26-8-27-20/h1-8,15-16,18H,(H2,28,29,30)(H,24,25,26,27)/t15-,16+,18-/m0/s1. The summed E-state index contributed by atoms with van der Waals surface area (Å²) >= 11 is 0. The number of rotatable bonds is 4. The molecule has 2 aliphatic rings. The van der Waals surface area contributed by atoms with E-state index in [-0.39, 0.29) is 23.8 Å². The SMILES string of the molecule is O=C(Nc1ccc(F)cc1F)N[C@H]1[C@H]2Oc3ccc(Oc4ncnc5[nH]cnc45)cc3[C@@H]12. The number of hydrogen-bond donors (Lipinski definition) is 3. The quantitative estimate of drug-likeness (QED) is 0.451. The van der Waals surface area contributed by atoms with Gasteiger partial charge in [-0.3, -0.25) is 0 Å². The molecule has 1 aliphatic carbocycles. The van der Waals surface area contributed by atoms with E-state index in [9.17, 15) is 13.6 Å². The number of amides is 2. The van der Waals surface area contributed by atoms with E-state index in [0.29, 0.717) is 34.6 Å². The molecule has 6 rings (SSSR count). The molecule has 1 aliphatic heterocycles. The van der Waals surface area contributed by atoms with Gasteiger partial charge in [0.05, 0.1) is 24.0 Å². The highest BCUT2D eigenvalue weighted by Crippen LogP contribution is 2.54. The fraction of sp³-hybridized carbons (Fsp3) is 0.143. The van der Waals surface area contributed by atoms with Crippen LogP contribution >= 0.6 is 0 Å². The minimum absolute atomic E-state index is 0.0619. The van der Waals surface area contributed by atoms with Crippen molar-refractivity contribution in [2.45, 2.75) is 18.1 Å². The largest absolute Gasteiger partial charge is 0.487 e. The van der Waals surface area contributed by atoms with Crippen LogP contribution in [0.5, 0.6) is 17.4 Å². The summed E-state index contributed by atoms with van der Waals surface area (Å²) in [6.45, 7) is 0. The highest BCUT2D eigenvalue weighted by molar-refractivity contribution is 5.90. The number of carbonyl (C=O) groups is 1. The van der Waals surface area contributed by atoms with Gasteiger partial charge in [0.15, 0.2) is 11.2 Å². The lowest BCUT2D eigenvalue weighted by Crippen LogP contribution is -2.34. The number of H-pyrrole nitrogens is 1. The maximum Gasteiger partial charge on any atom is 0.319 e. The number of fused-ring (bicyclic) bond motifs is 4. The van der Waals surface area contributed by atoms with Gasteiger partial charge in [0.2, 0.25) is 0 Å². The molecule has 9 nitrogen and oxygen atoms in total. The van der Waals surface area contributed by atoms with Crippen LogP contribution in [0.25, 0.3) is 11.2 Å². The number of aromatic nitrogens is 4. The van der Waals surface area contributed by atoms with Crippen LogP contribution in [0.2, 0.25) is 0 Å². The van der Waals surface area contributed by atoms with Crippen LogP contribution in [-0.4, -0.2) is 38.1 Å². The molecule has 0 radical (unpaired) electrons. The van der Waals surface area contributed by atoms with Gasteiger partial charge >= 0.3 is 6.03 Å². The van der Waals surface area contributed by atoms with Crippen molar-refractivity contribution in [2.75, 3.05) is 5.32 Å². The van der Waals surface area contributed by atoms with Gasteiger partial charge in [0, 0.05) is 11.6 Å².